The van der Waals surface area contributed by atoms with Crippen LogP contribution >= 0.6 is 0 Å². The molecule has 0 N–H and O–H groups in total. The predicted molar refractivity (Wildman–Crippen MR) is 43.9 cm³/mol. The Morgan fingerprint density at radius 1 is 1.50 bits per heavy atom. The van der Waals surface area contributed by atoms with Crippen molar-refractivity contribution in [2.75, 3.05) is 0 Å². The first-order valence-electron chi connectivity index (χ1n) is 3.88. The van der Waals surface area contributed by atoms with Gasteiger partial charge in [-0.15, -0.1) is 0 Å². The molecule has 0 saturated carbocycles. The third kappa shape index (κ3) is 2.91. The van der Waals surface area contributed by atoms with Crippen molar-refractivity contribution >= 4 is 7.85 Å². The fourth-order valence-electron chi connectivity index (χ4n) is 0.804. The maximum absolute atomic E-state index is 8.64. The summed E-state index contributed by atoms with van der Waals surface area (Å²) in [5, 5.41) is 8.08. The van der Waals surface area contributed by atoms with E-state index in [1.54, 1.807) is 0 Å². The van der Waals surface area contributed by atoms with Crippen molar-refractivity contribution in [1.29, 1.82) is 5.26 Å². The number of nitrogens with zero attached hydrogens (tertiary/aromatic N) is 1. The fourth-order valence-corrected chi connectivity index (χ4v) is 0.804. The minimum absolute atomic E-state index is 0.560. The highest BCUT2D eigenvalue weighted by Gasteiger charge is 2.18. The second-order valence-electron chi connectivity index (χ2n) is 2.73. The van der Waals surface area contributed by atoms with E-state index in [-0.39, 0.29) is 0 Å². The predicted octanol–water partition coefficient (Wildman–Crippen LogP) is 2.44. The second kappa shape index (κ2) is 4.38. The van der Waals surface area contributed by atoms with Crippen LogP contribution in [0.25, 0.3) is 0 Å². The topological polar surface area (TPSA) is 23.8 Å². The van der Waals surface area contributed by atoms with E-state index in [0.717, 1.165) is 25.7 Å². The van der Waals surface area contributed by atoms with Crippen LogP contribution in [0.4, 0.5) is 0 Å². The molecule has 0 fully saturated rings. The highest BCUT2D eigenvalue weighted by molar-refractivity contribution is 6.17. The molecule has 0 heterocycles. The van der Waals surface area contributed by atoms with Gasteiger partial charge in [0.05, 0.1) is 13.9 Å². The van der Waals surface area contributed by atoms with Gasteiger partial charge in [-0.3, -0.25) is 0 Å². The van der Waals surface area contributed by atoms with Gasteiger partial charge in [0.25, 0.3) is 0 Å². The van der Waals surface area contributed by atoms with E-state index in [0.29, 0.717) is 0 Å². The molecule has 0 spiro atoms. The van der Waals surface area contributed by atoms with E-state index in [2.05, 4.69) is 13.0 Å². The molecule has 10 heavy (non-hydrogen) atoms. The SMILES string of the molecule is [B]C(C#N)(CC)CCCC. The first kappa shape index (κ1) is 9.55. The van der Waals surface area contributed by atoms with Gasteiger partial charge < -0.3 is 0 Å². The maximum Gasteiger partial charge on any atom is 0.0951 e. The van der Waals surface area contributed by atoms with Crippen molar-refractivity contribution in [3.8, 4) is 6.07 Å². The lowest BCUT2D eigenvalue weighted by Gasteiger charge is -2.18. The van der Waals surface area contributed by atoms with Gasteiger partial charge in [0, 0.05) is 5.31 Å². The van der Waals surface area contributed by atoms with Crippen LogP contribution in [0.5, 0.6) is 0 Å². The zero-order valence-electron chi connectivity index (χ0n) is 6.85. The molecule has 2 heteroatoms. The van der Waals surface area contributed by atoms with Crippen LogP contribution in [0.3, 0.4) is 0 Å². The van der Waals surface area contributed by atoms with Crippen molar-refractivity contribution in [1.82, 2.24) is 0 Å². The number of hydrogen-bond donors (Lipinski definition) is 0. The van der Waals surface area contributed by atoms with Crippen LogP contribution in [-0.2, 0) is 0 Å². The monoisotopic (exact) mass is 135 g/mol. The van der Waals surface area contributed by atoms with Gasteiger partial charge in [0.1, 0.15) is 0 Å². The van der Waals surface area contributed by atoms with Crippen molar-refractivity contribution in [3.05, 3.63) is 0 Å². The molecule has 1 nitrogen and oxygen atoms in total. The summed E-state index contributed by atoms with van der Waals surface area (Å²) in [6.45, 7) is 4.06. The van der Waals surface area contributed by atoms with E-state index < -0.39 is 5.31 Å². The molecule has 0 aromatic heterocycles. The Morgan fingerprint density at radius 3 is 2.40 bits per heavy atom. The lowest BCUT2D eigenvalue weighted by molar-refractivity contribution is 0.571. The smallest absolute Gasteiger partial charge is 0.0951 e. The molecule has 0 amide bonds. The zero-order chi connectivity index (χ0) is 8.04. The quantitative estimate of drug-likeness (QED) is 0.543. The highest BCUT2D eigenvalue weighted by Crippen LogP contribution is 2.31. The third-order valence-corrected chi connectivity index (χ3v) is 1.83. The molecule has 0 bridgehead atoms. The van der Waals surface area contributed by atoms with Crippen molar-refractivity contribution in [2.24, 2.45) is 0 Å². The zero-order valence-corrected chi connectivity index (χ0v) is 6.85. The van der Waals surface area contributed by atoms with Gasteiger partial charge in [0.15, 0.2) is 0 Å². The number of rotatable bonds is 4. The molecular weight excluding hydrogens is 121 g/mol. The fraction of sp³-hybridized carbons (Fsp3) is 0.875. The van der Waals surface area contributed by atoms with Crippen LogP contribution in [-0.4, -0.2) is 7.85 Å². The van der Waals surface area contributed by atoms with Crippen LogP contribution in [0.2, 0.25) is 5.31 Å². The largest absolute Gasteiger partial charge is 0.199 e. The summed E-state index contributed by atoms with van der Waals surface area (Å²) in [6.07, 6.45) is 3.75. The summed E-state index contributed by atoms with van der Waals surface area (Å²) < 4.78 is 0. The number of nitriles is 1. The Hall–Kier alpha value is -0.445. The first-order chi connectivity index (χ1) is 4.68. The lowest BCUT2D eigenvalue weighted by Crippen LogP contribution is -2.08. The van der Waals surface area contributed by atoms with Gasteiger partial charge in [-0.05, 0) is 12.8 Å². The molecule has 1 unspecified atom stereocenters. The molecule has 0 aliphatic carbocycles. The lowest BCUT2D eigenvalue weighted by atomic mass is 9.65. The van der Waals surface area contributed by atoms with Gasteiger partial charge in [0.2, 0.25) is 0 Å². The average molecular weight is 135 g/mol. The molecule has 0 aromatic rings. The molecule has 1 atom stereocenters. The van der Waals surface area contributed by atoms with Gasteiger partial charge >= 0.3 is 0 Å². The van der Waals surface area contributed by atoms with Crippen LogP contribution in [0.1, 0.15) is 39.5 Å². The Bertz CT molecular complexity index is 128. The first-order valence-corrected chi connectivity index (χ1v) is 3.88. The van der Waals surface area contributed by atoms with Crippen molar-refractivity contribution < 1.29 is 0 Å². The average Bonchev–Trinajstić information content (AvgIpc) is 2.00. The van der Waals surface area contributed by atoms with E-state index >= 15 is 0 Å². The molecular formula is C8H14BN. The normalized spacial score (nSPS) is 15.7. The summed E-state index contributed by atoms with van der Waals surface area (Å²) in [4.78, 5) is 0. The van der Waals surface area contributed by atoms with Crippen LogP contribution < -0.4 is 0 Å². The van der Waals surface area contributed by atoms with E-state index in [1.807, 2.05) is 6.92 Å². The summed E-state index contributed by atoms with van der Waals surface area (Å²) in [5.74, 6) is 0. The van der Waals surface area contributed by atoms with Crippen molar-refractivity contribution in [2.45, 2.75) is 44.8 Å². The third-order valence-electron chi connectivity index (χ3n) is 1.83. The molecule has 2 radical (unpaired) electrons. The maximum atomic E-state index is 8.64. The summed E-state index contributed by atoms with van der Waals surface area (Å²) in [6, 6.07) is 2.14. The standard InChI is InChI=1S/C8H14BN/c1-3-5-6-8(9,4-2)7-10/h3-6H2,1-2H3. The molecule has 0 aliphatic heterocycles. The second-order valence-corrected chi connectivity index (χ2v) is 2.73. The van der Waals surface area contributed by atoms with Gasteiger partial charge in [-0.25, -0.2) is 0 Å². The molecule has 0 aliphatic rings. The number of unbranched alkanes of at least 4 members (excludes halogenated alkanes) is 1. The molecule has 54 valence electrons. The Kier molecular flexibility index (Phi) is 4.19. The Morgan fingerprint density at radius 2 is 2.10 bits per heavy atom. The van der Waals surface area contributed by atoms with Gasteiger partial charge in [-0.2, -0.15) is 5.26 Å². The van der Waals surface area contributed by atoms with Crippen LogP contribution in [0.15, 0.2) is 0 Å². The minimum Gasteiger partial charge on any atom is -0.199 e. The molecule has 0 saturated heterocycles. The summed E-state index contributed by atoms with van der Waals surface area (Å²) >= 11 is 0. The molecule has 0 rings (SSSR count). The van der Waals surface area contributed by atoms with E-state index in [1.165, 1.54) is 0 Å². The minimum atomic E-state index is -0.560. The van der Waals surface area contributed by atoms with Crippen molar-refractivity contribution in [3.63, 3.8) is 0 Å². The highest BCUT2D eigenvalue weighted by atomic mass is 14.3. The van der Waals surface area contributed by atoms with Crippen LogP contribution in [0, 0.1) is 11.3 Å². The summed E-state index contributed by atoms with van der Waals surface area (Å²) in [7, 11) is 5.72. The van der Waals surface area contributed by atoms with Gasteiger partial charge in [-0.1, -0.05) is 26.7 Å². The molecule has 0 aromatic carbocycles. The number of hydrogen-bond acceptors (Lipinski definition) is 1. The Labute approximate surface area is 64.8 Å². The van der Waals surface area contributed by atoms with E-state index in [9.17, 15) is 0 Å². The summed E-state index contributed by atoms with van der Waals surface area (Å²) in [5.41, 5.74) is 0. The van der Waals surface area contributed by atoms with E-state index in [4.69, 9.17) is 13.1 Å². The Balaban J connectivity index is 3.72.